The van der Waals surface area contributed by atoms with Crippen molar-refractivity contribution in [1.82, 2.24) is 9.78 Å². The van der Waals surface area contributed by atoms with Crippen molar-refractivity contribution in [2.45, 2.75) is 0 Å². The number of carboxylic acids is 1. The average molecular weight is 294 g/mol. The van der Waals surface area contributed by atoms with E-state index in [0.717, 1.165) is 23.1 Å². The van der Waals surface area contributed by atoms with E-state index in [1.54, 1.807) is 0 Å². The van der Waals surface area contributed by atoms with Gasteiger partial charge in [0.1, 0.15) is 11.3 Å². The molecule has 9 nitrogen and oxygen atoms in total. The van der Waals surface area contributed by atoms with E-state index in [4.69, 9.17) is 10.8 Å². The summed E-state index contributed by atoms with van der Waals surface area (Å²) in [7, 11) is 0. The molecule has 0 spiro atoms. The molecule has 2 aromatic rings. The van der Waals surface area contributed by atoms with E-state index in [9.17, 15) is 24.1 Å². The zero-order valence-electron chi connectivity index (χ0n) is 10.2. The number of hydrogen-bond acceptors (Lipinski definition) is 5. The third kappa shape index (κ3) is 2.54. The molecular weight excluding hydrogens is 287 g/mol. The van der Waals surface area contributed by atoms with Crippen molar-refractivity contribution in [1.29, 1.82) is 0 Å². The van der Waals surface area contributed by atoms with Crippen LogP contribution < -0.4 is 5.73 Å². The van der Waals surface area contributed by atoms with Gasteiger partial charge in [-0.1, -0.05) is 0 Å². The van der Waals surface area contributed by atoms with Crippen LogP contribution in [0.2, 0.25) is 0 Å². The van der Waals surface area contributed by atoms with Crippen molar-refractivity contribution in [2.75, 3.05) is 0 Å². The topological polar surface area (TPSA) is 141 Å². The van der Waals surface area contributed by atoms with Gasteiger partial charge in [0.15, 0.2) is 5.82 Å². The fraction of sp³-hybridized carbons (Fsp3) is 0. The molecule has 21 heavy (non-hydrogen) atoms. The van der Waals surface area contributed by atoms with E-state index in [1.165, 1.54) is 0 Å². The molecule has 0 atom stereocenters. The fourth-order valence-electron chi connectivity index (χ4n) is 1.63. The number of nitro groups is 1. The predicted molar refractivity (Wildman–Crippen MR) is 65.7 cm³/mol. The molecule has 0 aliphatic rings. The number of aromatic nitrogens is 2. The SMILES string of the molecule is NC(=O)c1cnn(-c2cc(C(=O)O)c([N+](=O)[O-])cc2F)c1. The summed E-state index contributed by atoms with van der Waals surface area (Å²) >= 11 is 0. The van der Waals surface area contributed by atoms with Gasteiger partial charge in [0, 0.05) is 6.20 Å². The first-order valence-corrected chi connectivity index (χ1v) is 5.37. The Morgan fingerprint density at radius 3 is 2.57 bits per heavy atom. The van der Waals surface area contributed by atoms with Crippen molar-refractivity contribution in [3.05, 3.63) is 51.6 Å². The third-order valence-corrected chi connectivity index (χ3v) is 2.61. The van der Waals surface area contributed by atoms with Crippen molar-refractivity contribution in [3.63, 3.8) is 0 Å². The summed E-state index contributed by atoms with van der Waals surface area (Å²) in [6.45, 7) is 0. The molecule has 0 unspecified atom stereocenters. The Morgan fingerprint density at radius 1 is 1.43 bits per heavy atom. The highest BCUT2D eigenvalue weighted by molar-refractivity contribution is 5.93. The van der Waals surface area contributed by atoms with Gasteiger partial charge in [-0.05, 0) is 6.07 Å². The second-order valence-corrected chi connectivity index (χ2v) is 3.92. The Balaban J connectivity index is 2.63. The summed E-state index contributed by atoms with van der Waals surface area (Å²) in [5.41, 5.74) is 3.05. The number of carbonyl (C=O) groups excluding carboxylic acids is 1. The molecule has 0 aliphatic heterocycles. The molecule has 1 aromatic carbocycles. The van der Waals surface area contributed by atoms with Gasteiger partial charge in [0.2, 0.25) is 0 Å². The maximum atomic E-state index is 13.9. The quantitative estimate of drug-likeness (QED) is 0.628. The Labute approximate surface area is 115 Å². The van der Waals surface area contributed by atoms with Crippen molar-refractivity contribution in [3.8, 4) is 5.69 Å². The smallest absolute Gasteiger partial charge is 0.342 e. The van der Waals surface area contributed by atoms with Crippen LogP contribution in [0.25, 0.3) is 5.69 Å². The number of nitro benzene ring substituents is 1. The number of carbonyl (C=O) groups is 2. The summed E-state index contributed by atoms with van der Waals surface area (Å²) in [5, 5.41) is 23.3. The number of amides is 1. The second kappa shape index (κ2) is 5.00. The molecule has 10 heteroatoms. The minimum atomic E-state index is -1.59. The minimum Gasteiger partial charge on any atom is -0.477 e. The van der Waals surface area contributed by atoms with Crippen LogP contribution in [-0.4, -0.2) is 31.7 Å². The van der Waals surface area contributed by atoms with Crippen LogP contribution in [0, 0.1) is 15.9 Å². The summed E-state index contributed by atoms with van der Waals surface area (Å²) in [4.78, 5) is 31.7. The van der Waals surface area contributed by atoms with E-state index >= 15 is 0 Å². The first kappa shape index (κ1) is 14.1. The molecule has 0 saturated carbocycles. The van der Waals surface area contributed by atoms with Gasteiger partial charge in [-0.15, -0.1) is 0 Å². The van der Waals surface area contributed by atoms with E-state index in [1.807, 2.05) is 0 Å². The van der Waals surface area contributed by atoms with Crippen LogP contribution >= 0.6 is 0 Å². The fourth-order valence-corrected chi connectivity index (χ4v) is 1.63. The Kier molecular flexibility index (Phi) is 3.36. The van der Waals surface area contributed by atoms with E-state index in [-0.39, 0.29) is 11.3 Å². The number of nitrogens with zero attached hydrogens (tertiary/aromatic N) is 3. The molecule has 2 rings (SSSR count). The number of hydrogen-bond donors (Lipinski definition) is 2. The number of aromatic carboxylic acids is 1. The van der Waals surface area contributed by atoms with Gasteiger partial charge in [-0.25, -0.2) is 13.9 Å². The molecule has 3 N–H and O–H groups in total. The summed E-state index contributed by atoms with van der Waals surface area (Å²) in [6.07, 6.45) is 2.14. The summed E-state index contributed by atoms with van der Waals surface area (Å²) < 4.78 is 14.7. The lowest BCUT2D eigenvalue weighted by atomic mass is 10.1. The number of benzene rings is 1. The van der Waals surface area contributed by atoms with Gasteiger partial charge in [-0.3, -0.25) is 14.9 Å². The molecule has 1 aromatic heterocycles. The number of carboxylic acid groups (broad SMARTS) is 1. The molecule has 1 heterocycles. The molecule has 0 bridgehead atoms. The maximum Gasteiger partial charge on any atom is 0.342 e. The van der Waals surface area contributed by atoms with Crippen LogP contribution in [0.15, 0.2) is 24.5 Å². The third-order valence-electron chi connectivity index (χ3n) is 2.61. The standard InChI is InChI=1S/C11H7FN4O5/c12-7-2-8(16(20)21)6(11(18)19)1-9(7)15-4-5(3-14-15)10(13)17/h1-4H,(H2,13,17)(H,18,19). The van der Waals surface area contributed by atoms with Crippen molar-refractivity contribution < 1.29 is 24.0 Å². The zero-order chi connectivity index (χ0) is 15.7. The minimum absolute atomic E-state index is 0.0235. The summed E-state index contributed by atoms with van der Waals surface area (Å²) in [6, 6.07) is 1.23. The highest BCUT2D eigenvalue weighted by Crippen LogP contribution is 2.25. The lowest BCUT2D eigenvalue weighted by Crippen LogP contribution is -2.10. The van der Waals surface area contributed by atoms with Gasteiger partial charge in [0.05, 0.1) is 22.7 Å². The molecule has 0 aliphatic carbocycles. The van der Waals surface area contributed by atoms with Crippen LogP contribution in [0.3, 0.4) is 0 Å². The Bertz CT molecular complexity index is 770. The van der Waals surface area contributed by atoms with Crippen LogP contribution in [0.1, 0.15) is 20.7 Å². The molecule has 0 radical (unpaired) electrons. The second-order valence-electron chi connectivity index (χ2n) is 3.92. The first-order valence-electron chi connectivity index (χ1n) is 5.37. The Hall–Kier alpha value is -3.30. The number of primary amides is 1. The molecule has 0 saturated heterocycles. The lowest BCUT2D eigenvalue weighted by molar-refractivity contribution is -0.385. The van der Waals surface area contributed by atoms with E-state index in [2.05, 4.69) is 5.10 Å². The highest BCUT2D eigenvalue weighted by atomic mass is 19.1. The average Bonchev–Trinajstić information content (AvgIpc) is 2.87. The van der Waals surface area contributed by atoms with Gasteiger partial charge < -0.3 is 10.8 Å². The lowest BCUT2D eigenvalue weighted by Gasteiger charge is -2.05. The van der Waals surface area contributed by atoms with Crippen molar-refractivity contribution in [2.24, 2.45) is 5.73 Å². The monoisotopic (exact) mass is 294 g/mol. The van der Waals surface area contributed by atoms with Crippen LogP contribution in [0.5, 0.6) is 0 Å². The Morgan fingerprint density at radius 2 is 2.10 bits per heavy atom. The number of halogens is 1. The highest BCUT2D eigenvalue weighted by Gasteiger charge is 2.24. The van der Waals surface area contributed by atoms with Gasteiger partial charge >= 0.3 is 5.97 Å². The predicted octanol–water partition coefficient (Wildman–Crippen LogP) is 0.717. The van der Waals surface area contributed by atoms with E-state index < -0.39 is 33.9 Å². The number of rotatable bonds is 4. The first-order chi connectivity index (χ1) is 9.81. The van der Waals surface area contributed by atoms with E-state index in [0.29, 0.717) is 6.07 Å². The largest absolute Gasteiger partial charge is 0.477 e. The van der Waals surface area contributed by atoms with Gasteiger partial charge in [-0.2, -0.15) is 5.10 Å². The van der Waals surface area contributed by atoms with Crippen LogP contribution in [0.4, 0.5) is 10.1 Å². The summed E-state index contributed by atoms with van der Waals surface area (Å²) in [5.74, 6) is -3.46. The molecule has 1 amide bonds. The molecule has 108 valence electrons. The molecular formula is C11H7FN4O5. The van der Waals surface area contributed by atoms with Crippen molar-refractivity contribution >= 4 is 17.6 Å². The normalized spacial score (nSPS) is 10.3. The number of nitrogens with two attached hydrogens (primary N) is 1. The van der Waals surface area contributed by atoms with Crippen LogP contribution in [-0.2, 0) is 0 Å². The zero-order valence-corrected chi connectivity index (χ0v) is 10.2. The maximum absolute atomic E-state index is 13.9. The van der Waals surface area contributed by atoms with Gasteiger partial charge in [0.25, 0.3) is 11.6 Å². The molecule has 0 fully saturated rings.